The van der Waals surface area contributed by atoms with Crippen molar-refractivity contribution in [2.45, 2.75) is 19.0 Å². The van der Waals surface area contributed by atoms with E-state index in [9.17, 15) is 5.11 Å². The summed E-state index contributed by atoms with van der Waals surface area (Å²) in [4.78, 5) is 6.57. The number of fused-ring (bicyclic) bond motifs is 2. The van der Waals surface area contributed by atoms with Gasteiger partial charge in [0.25, 0.3) is 0 Å². The highest BCUT2D eigenvalue weighted by Crippen LogP contribution is 2.41. The number of rotatable bonds is 5. The molecule has 2 aromatic heterocycles. The maximum Gasteiger partial charge on any atom is 0.183 e. The average Bonchev–Trinajstić information content (AvgIpc) is 3.47. The Hall–Kier alpha value is -3.23. The Balaban J connectivity index is 1.55. The summed E-state index contributed by atoms with van der Waals surface area (Å²) >= 11 is 0. The molecule has 0 spiro atoms. The Labute approximate surface area is 173 Å². The van der Waals surface area contributed by atoms with Crippen molar-refractivity contribution in [2.24, 2.45) is 10.2 Å². The lowest BCUT2D eigenvalue weighted by Gasteiger charge is -2.18. The molecule has 0 saturated carbocycles. The van der Waals surface area contributed by atoms with Crippen LogP contribution in [0.4, 0.5) is 5.82 Å². The van der Waals surface area contributed by atoms with Crippen molar-refractivity contribution in [3.8, 4) is 11.5 Å². The second-order valence-corrected chi connectivity index (χ2v) is 7.55. The predicted molar refractivity (Wildman–Crippen MR) is 114 cm³/mol. The first-order chi connectivity index (χ1) is 14.7. The number of likely N-dealkylation sites (N-methyl/N-ethyl adjacent to an activating group) is 1. The molecular formula is C22H23N5O3. The van der Waals surface area contributed by atoms with E-state index >= 15 is 0 Å². The van der Waals surface area contributed by atoms with Crippen LogP contribution in [0.15, 0.2) is 45.1 Å². The van der Waals surface area contributed by atoms with Crippen LogP contribution >= 0.6 is 0 Å². The number of nitrogens with one attached hydrogen (secondary N) is 1. The molecule has 0 aliphatic carbocycles. The lowest BCUT2D eigenvalue weighted by atomic mass is 10.1. The van der Waals surface area contributed by atoms with E-state index in [1.165, 1.54) is 0 Å². The summed E-state index contributed by atoms with van der Waals surface area (Å²) in [6, 6.07) is 7.92. The van der Waals surface area contributed by atoms with Gasteiger partial charge in [-0.1, -0.05) is 0 Å². The van der Waals surface area contributed by atoms with Gasteiger partial charge in [-0.15, -0.1) is 10.2 Å². The molecule has 0 unspecified atom stereocenters. The second kappa shape index (κ2) is 7.55. The van der Waals surface area contributed by atoms with E-state index in [4.69, 9.17) is 9.15 Å². The molecule has 2 aliphatic rings. The number of aromatic hydroxyl groups is 1. The smallest absolute Gasteiger partial charge is 0.183 e. The molecule has 8 nitrogen and oxygen atoms in total. The third-order valence-corrected chi connectivity index (χ3v) is 5.78. The number of nitrogens with zero attached hydrogens (tertiary/aromatic N) is 4. The summed E-state index contributed by atoms with van der Waals surface area (Å²) in [5.41, 5.74) is 2.98. The number of likely N-dealkylation sites (tertiary alicyclic amines) is 1. The van der Waals surface area contributed by atoms with Crippen molar-refractivity contribution < 1.29 is 14.3 Å². The third kappa shape index (κ3) is 3.14. The van der Waals surface area contributed by atoms with Gasteiger partial charge in [0.1, 0.15) is 17.0 Å². The zero-order valence-corrected chi connectivity index (χ0v) is 16.9. The molecule has 2 aliphatic heterocycles. The maximum atomic E-state index is 10.8. The minimum atomic E-state index is 0.0865. The molecule has 1 saturated heterocycles. The molecule has 3 aromatic rings. The second-order valence-electron chi connectivity index (χ2n) is 7.55. The van der Waals surface area contributed by atoms with Crippen LogP contribution in [-0.4, -0.2) is 48.3 Å². The lowest BCUT2D eigenvalue weighted by molar-refractivity contribution is 0.313. The van der Waals surface area contributed by atoms with Crippen LogP contribution in [0.25, 0.3) is 22.7 Å². The van der Waals surface area contributed by atoms with Gasteiger partial charge in [0.2, 0.25) is 0 Å². The average molecular weight is 405 g/mol. The first-order valence-electron chi connectivity index (χ1n) is 9.97. The Morgan fingerprint density at radius 1 is 1.33 bits per heavy atom. The number of methoxy groups -OCH3 is 1. The Morgan fingerprint density at radius 2 is 2.23 bits per heavy atom. The molecule has 154 valence electrons. The summed E-state index contributed by atoms with van der Waals surface area (Å²) in [7, 11) is 3.65. The summed E-state index contributed by atoms with van der Waals surface area (Å²) in [6.45, 7) is 2.65. The Morgan fingerprint density at radius 3 is 3.03 bits per heavy atom. The van der Waals surface area contributed by atoms with Gasteiger partial charge in [0.05, 0.1) is 18.1 Å². The van der Waals surface area contributed by atoms with Crippen molar-refractivity contribution in [3.63, 3.8) is 0 Å². The zero-order chi connectivity index (χ0) is 20.7. The number of pyridine rings is 1. The van der Waals surface area contributed by atoms with Crippen molar-refractivity contribution in [1.29, 1.82) is 0 Å². The zero-order valence-electron chi connectivity index (χ0n) is 16.9. The van der Waals surface area contributed by atoms with Gasteiger partial charge in [-0.2, -0.15) is 0 Å². The molecular weight excluding hydrogens is 382 g/mol. The van der Waals surface area contributed by atoms with Crippen LogP contribution in [0, 0.1) is 0 Å². The monoisotopic (exact) mass is 405 g/mol. The quantitative estimate of drug-likeness (QED) is 0.668. The number of furan rings is 1. The lowest BCUT2D eigenvalue weighted by Crippen LogP contribution is -2.29. The summed E-state index contributed by atoms with van der Waals surface area (Å²) in [5.74, 6) is 1.75. The molecule has 0 radical (unpaired) electrons. The largest absolute Gasteiger partial charge is 0.504 e. The van der Waals surface area contributed by atoms with Crippen LogP contribution < -0.4 is 10.1 Å². The van der Waals surface area contributed by atoms with Gasteiger partial charge < -0.3 is 19.6 Å². The number of hydrogen-bond acceptors (Lipinski definition) is 8. The minimum Gasteiger partial charge on any atom is -0.504 e. The Bertz CT molecular complexity index is 1170. The molecule has 1 fully saturated rings. The number of benzene rings is 1. The van der Waals surface area contributed by atoms with Crippen LogP contribution in [0.5, 0.6) is 11.5 Å². The van der Waals surface area contributed by atoms with E-state index < -0.39 is 0 Å². The summed E-state index contributed by atoms with van der Waals surface area (Å²) < 4.78 is 11.7. The van der Waals surface area contributed by atoms with E-state index in [0.717, 1.165) is 36.4 Å². The first kappa shape index (κ1) is 18.8. The van der Waals surface area contributed by atoms with E-state index in [1.807, 2.05) is 31.3 Å². The third-order valence-electron chi connectivity index (χ3n) is 5.78. The molecule has 2 N–H and O–H groups in total. The number of ether oxygens (including phenoxy) is 1. The number of azo groups is 1. The minimum absolute atomic E-state index is 0.0865. The molecule has 0 bridgehead atoms. The van der Waals surface area contributed by atoms with E-state index in [1.54, 1.807) is 19.4 Å². The Kier molecular flexibility index (Phi) is 4.72. The molecule has 5 rings (SSSR count). The standard InChI is InChI=1S/C22H23N5O3/c1-23-13-7-9-27(11-13)12-16-18(29-2)6-5-15-20(28)19(30-21(15)16)10-17-14-4-3-8-24-22(14)26-25-17/h3-6,8,10,13,23,28H,7,9,11-12H2,1-2H3/t13-/m0/s1. The van der Waals surface area contributed by atoms with Gasteiger partial charge in [-0.25, -0.2) is 4.98 Å². The molecule has 1 aromatic carbocycles. The van der Waals surface area contributed by atoms with Crippen molar-refractivity contribution in [2.75, 3.05) is 27.2 Å². The van der Waals surface area contributed by atoms with Crippen LogP contribution in [0.1, 0.15) is 23.3 Å². The van der Waals surface area contributed by atoms with E-state index in [0.29, 0.717) is 40.8 Å². The highest BCUT2D eigenvalue weighted by atomic mass is 16.5. The van der Waals surface area contributed by atoms with E-state index in [-0.39, 0.29) is 5.75 Å². The topological polar surface area (TPSA) is 95.5 Å². The number of hydrogen-bond donors (Lipinski definition) is 2. The fraction of sp³-hybridized carbons (Fsp3) is 0.318. The molecule has 30 heavy (non-hydrogen) atoms. The fourth-order valence-electron chi connectivity index (χ4n) is 4.14. The van der Waals surface area contributed by atoms with Gasteiger partial charge in [-0.05, 0) is 37.7 Å². The van der Waals surface area contributed by atoms with Gasteiger partial charge in [0.15, 0.2) is 17.3 Å². The first-order valence-corrected chi connectivity index (χ1v) is 9.97. The maximum absolute atomic E-state index is 10.8. The van der Waals surface area contributed by atoms with Gasteiger partial charge in [0, 0.05) is 43.5 Å². The highest BCUT2D eigenvalue weighted by molar-refractivity contribution is 5.94. The van der Waals surface area contributed by atoms with Crippen LogP contribution in [-0.2, 0) is 6.54 Å². The summed E-state index contributed by atoms with van der Waals surface area (Å²) in [6.07, 6.45) is 4.48. The SMILES string of the molecule is CN[C@H]1CCN(Cc2c(OC)ccc3c(O)c(C=C4N=Nc5ncccc54)oc23)C1. The van der Waals surface area contributed by atoms with Crippen molar-refractivity contribution in [1.82, 2.24) is 15.2 Å². The number of aromatic nitrogens is 1. The summed E-state index contributed by atoms with van der Waals surface area (Å²) in [5, 5.41) is 23.1. The van der Waals surface area contributed by atoms with Gasteiger partial charge in [-0.3, -0.25) is 4.90 Å². The van der Waals surface area contributed by atoms with E-state index in [2.05, 4.69) is 25.4 Å². The fourth-order valence-corrected chi connectivity index (χ4v) is 4.14. The molecule has 8 heteroatoms. The predicted octanol–water partition coefficient (Wildman–Crippen LogP) is 3.93. The van der Waals surface area contributed by atoms with Crippen molar-refractivity contribution in [3.05, 3.63) is 47.3 Å². The van der Waals surface area contributed by atoms with Crippen LogP contribution in [0.2, 0.25) is 0 Å². The normalized spacial score (nSPS) is 19.8. The molecule has 0 amide bonds. The highest BCUT2D eigenvalue weighted by Gasteiger charge is 2.25. The van der Waals surface area contributed by atoms with Gasteiger partial charge >= 0.3 is 0 Å². The molecule has 4 heterocycles. The van der Waals surface area contributed by atoms with Crippen molar-refractivity contribution >= 4 is 28.6 Å². The van der Waals surface area contributed by atoms with Crippen LogP contribution in [0.3, 0.4) is 0 Å². The molecule has 1 atom stereocenters.